The maximum atomic E-state index is 12.6. The number of esters is 2. The van der Waals surface area contributed by atoms with Crippen LogP contribution in [-0.4, -0.2) is 37.0 Å². The quantitative estimate of drug-likeness (QED) is 0.422. The van der Waals surface area contributed by atoms with E-state index in [-0.39, 0.29) is 5.41 Å². The van der Waals surface area contributed by atoms with E-state index in [0.29, 0.717) is 6.42 Å². The van der Waals surface area contributed by atoms with Crippen LogP contribution in [0.2, 0.25) is 0 Å². The lowest BCUT2D eigenvalue weighted by atomic mass is 9.61. The fourth-order valence-electron chi connectivity index (χ4n) is 2.60. The van der Waals surface area contributed by atoms with Gasteiger partial charge in [0, 0.05) is 0 Å². The van der Waals surface area contributed by atoms with Crippen molar-refractivity contribution in [2.24, 2.45) is 16.2 Å². The van der Waals surface area contributed by atoms with Gasteiger partial charge < -0.3 is 9.47 Å². The Bertz CT molecular complexity index is 540. The minimum absolute atomic E-state index is 0.257. The van der Waals surface area contributed by atoms with Gasteiger partial charge in [0.2, 0.25) is 0 Å². The number of ether oxygens (including phenoxy) is 2. The summed E-state index contributed by atoms with van der Waals surface area (Å²) in [5.41, 5.74) is -1.79. The molecule has 0 aromatic heterocycles. The Morgan fingerprint density at radius 3 is 1.57 bits per heavy atom. The summed E-state index contributed by atoms with van der Waals surface area (Å²) in [6, 6.07) is 0. The molecule has 0 fully saturated rings. The second-order valence-corrected chi connectivity index (χ2v) is 9.16. The summed E-state index contributed by atoms with van der Waals surface area (Å²) in [5, 5.41) is 0. The maximum Gasteiger partial charge on any atom is 0.434 e. The molecule has 0 N–H and O–H groups in total. The van der Waals surface area contributed by atoms with Gasteiger partial charge in [-0.15, -0.1) is 0 Å². The van der Waals surface area contributed by atoms with Crippen LogP contribution in [0.25, 0.3) is 0 Å². The molecule has 28 heavy (non-hydrogen) atoms. The Hall–Kier alpha value is -1.48. The third-order valence-electron chi connectivity index (χ3n) is 4.37. The molecule has 0 radical (unpaired) electrons. The van der Waals surface area contributed by atoms with Gasteiger partial charge in [-0.3, -0.25) is 9.59 Å². The van der Waals surface area contributed by atoms with Crippen LogP contribution in [0.3, 0.4) is 0 Å². The first-order valence-corrected chi connectivity index (χ1v) is 8.61. The van der Waals surface area contributed by atoms with Crippen LogP contribution in [-0.2, 0) is 19.1 Å². The van der Waals surface area contributed by atoms with Gasteiger partial charge in [-0.05, 0) is 24.2 Å². The van der Waals surface area contributed by atoms with Crippen LogP contribution < -0.4 is 0 Å². The lowest BCUT2D eigenvalue weighted by Gasteiger charge is -2.43. The van der Waals surface area contributed by atoms with Gasteiger partial charge in [-0.1, -0.05) is 41.5 Å². The average Bonchev–Trinajstić information content (AvgIpc) is 2.38. The first-order chi connectivity index (χ1) is 12.1. The first kappa shape index (κ1) is 26.5. The van der Waals surface area contributed by atoms with Crippen LogP contribution in [0.5, 0.6) is 0 Å². The fourth-order valence-corrected chi connectivity index (χ4v) is 2.60. The minimum Gasteiger partial charge on any atom is -0.465 e. The topological polar surface area (TPSA) is 52.6 Å². The molecule has 0 aromatic carbocycles. The zero-order chi connectivity index (χ0) is 22.8. The number of alkyl halides is 6. The molecule has 0 saturated carbocycles. The van der Waals surface area contributed by atoms with E-state index < -0.39 is 54.3 Å². The van der Waals surface area contributed by atoms with Crippen LogP contribution >= 0.6 is 0 Å². The Morgan fingerprint density at radius 2 is 1.25 bits per heavy atom. The molecule has 0 amide bonds. The van der Waals surface area contributed by atoms with Crippen molar-refractivity contribution in [2.45, 2.75) is 79.8 Å². The van der Waals surface area contributed by atoms with Crippen molar-refractivity contribution in [1.82, 2.24) is 0 Å². The molecule has 0 heterocycles. The van der Waals surface area contributed by atoms with Gasteiger partial charge in [0.15, 0.2) is 0 Å². The molecule has 4 nitrogen and oxygen atoms in total. The van der Waals surface area contributed by atoms with Crippen LogP contribution in [0, 0.1) is 16.2 Å². The number of rotatable bonds is 6. The first-order valence-electron chi connectivity index (χ1n) is 8.61. The summed E-state index contributed by atoms with van der Waals surface area (Å²) in [4.78, 5) is 24.0. The zero-order valence-corrected chi connectivity index (χ0v) is 17.1. The summed E-state index contributed by atoms with van der Waals surface area (Å²) in [6.07, 6.45) is -16.3. The Kier molecular flexibility index (Phi) is 8.04. The molecule has 1 atom stereocenters. The molecule has 0 saturated heterocycles. The van der Waals surface area contributed by atoms with Gasteiger partial charge in [-0.2, -0.15) is 26.3 Å². The third-order valence-corrected chi connectivity index (χ3v) is 4.37. The van der Waals surface area contributed by atoms with Gasteiger partial charge in [-0.25, -0.2) is 0 Å². The molecule has 0 aliphatic rings. The lowest BCUT2D eigenvalue weighted by molar-refractivity contribution is -0.313. The Balaban J connectivity index is 5.01. The van der Waals surface area contributed by atoms with E-state index in [1.807, 2.05) is 41.5 Å². The molecule has 0 bridgehead atoms. The monoisotopic (exact) mass is 422 g/mol. The highest BCUT2D eigenvalue weighted by Gasteiger charge is 2.59. The third kappa shape index (κ3) is 7.87. The van der Waals surface area contributed by atoms with Crippen molar-refractivity contribution >= 4 is 11.9 Å². The van der Waals surface area contributed by atoms with Crippen molar-refractivity contribution in [3.8, 4) is 0 Å². The molecular weight excluding hydrogens is 394 g/mol. The van der Waals surface area contributed by atoms with E-state index in [0.717, 1.165) is 0 Å². The number of hydrogen-bond acceptors (Lipinski definition) is 4. The predicted octanol–water partition coefficient (Wildman–Crippen LogP) is 5.44. The number of halogens is 6. The van der Waals surface area contributed by atoms with E-state index in [9.17, 15) is 35.9 Å². The Labute approximate surface area is 160 Å². The summed E-state index contributed by atoms with van der Waals surface area (Å²) in [6.45, 7) is 12.2. The summed E-state index contributed by atoms with van der Waals surface area (Å²) in [5.74, 6) is -2.45. The second kappa shape index (κ2) is 8.49. The maximum absolute atomic E-state index is 12.6. The molecule has 0 spiro atoms. The van der Waals surface area contributed by atoms with E-state index in [1.54, 1.807) is 6.92 Å². The van der Waals surface area contributed by atoms with Crippen molar-refractivity contribution in [1.29, 1.82) is 0 Å². The van der Waals surface area contributed by atoms with E-state index in [2.05, 4.69) is 4.74 Å². The normalized spacial score (nSPS) is 15.9. The van der Waals surface area contributed by atoms with Gasteiger partial charge >= 0.3 is 24.3 Å². The minimum atomic E-state index is -5.79. The molecule has 166 valence electrons. The average molecular weight is 422 g/mol. The van der Waals surface area contributed by atoms with Gasteiger partial charge in [0.05, 0.1) is 11.8 Å². The highest BCUT2D eigenvalue weighted by Crippen LogP contribution is 2.47. The van der Waals surface area contributed by atoms with Crippen molar-refractivity contribution < 1.29 is 45.4 Å². The summed E-state index contributed by atoms with van der Waals surface area (Å²) < 4.78 is 82.9. The SMILES string of the molecule is CC(C)(C)CC(C)(C(=O)OCCC(=O)OC(C(F)(F)F)C(F)(F)F)C(C)(C)C. The standard InChI is InChI=1S/C18H28F6O4/c1-14(2,3)10-16(7,15(4,5)6)13(26)27-9-8-11(25)28-12(17(19,20)21)18(22,23)24/h12H,8-10H2,1-7H3. The van der Waals surface area contributed by atoms with E-state index in [4.69, 9.17) is 4.74 Å². The van der Waals surface area contributed by atoms with E-state index in [1.165, 1.54) is 0 Å². The largest absolute Gasteiger partial charge is 0.465 e. The van der Waals surface area contributed by atoms with Gasteiger partial charge in [0.1, 0.15) is 6.61 Å². The molecular formula is C18H28F6O4. The second-order valence-electron chi connectivity index (χ2n) is 9.16. The summed E-state index contributed by atoms with van der Waals surface area (Å²) in [7, 11) is 0. The van der Waals surface area contributed by atoms with Crippen molar-refractivity contribution in [3.63, 3.8) is 0 Å². The number of hydrogen-bond donors (Lipinski definition) is 0. The summed E-state index contributed by atoms with van der Waals surface area (Å²) >= 11 is 0. The zero-order valence-electron chi connectivity index (χ0n) is 17.1. The molecule has 0 aliphatic heterocycles. The van der Waals surface area contributed by atoms with Crippen molar-refractivity contribution in [2.75, 3.05) is 6.61 Å². The molecule has 10 heteroatoms. The highest BCUT2D eigenvalue weighted by molar-refractivity contribution is 5.78. The molecule has 1 unspecified atom stereocenters. The molecule has 0 aromatic rings. The lowest BCUT2D eigenvalue weighted by Crippen LogP contribution is -2.46. The van der Waals surface area contributed by atoms with Crippen LogP contribution in [0.1, 0.15) is 61.3 Å². The molecule has 0 aliphatic carbocycles. The fraction of sp³-hybridized carbons (Fsp3) is 0.889. The van der Waals surface area contributed by atoms with Crippen molar-refractivity contribution in [3.05, 3.63) is 0 Å². The number of carbonyl (C=O) groups is 2. The predicted molar refractivity (Wildman–Crippen MR) is 89.2 cm³/mol. The van der Waals surface area contributed by atoms with E-state index >= 15 is 0 Å². The number of carbonyl (C=O) groups excluding carboxylic acids is 2. The van der Waals surface area contributed by atoms with Gasteiger partial charge in [0.25, 0.3) is 6.10 Å². The molecule has 0 rings (SSSR count). The smallest absolute Gasteiger partial charge is 0.434 e. The van der Waals surface area contributed by atoms with Crippen LogP contribution in [0.4, 0.5) is 26.3 Å². The highest BCUT2D eigenvalue weighted by atomic mass is 19.4. The Morgan fingerprint density at radius 1 is 0.821 bits per heavy atom. The van der Waals surface area contributed by atoms with Crippen LogP contribution in [0.15, 0.2) is 0 Å².